The van der Waals surface area contributed by atoms with Gasteiger partial charge in [0, 0.05) is 5.69 Å². The highest BCUT2D eigenvalue weighted by Gasteiger charge is 2.60. The first kappa shape index (κ1) is 13.8. The van der Waals surface area contributed by atoms with E-state index < -0.39 is 11.0 Å². The van der Waals surface area contributed by atoms with Crippen LogP contribution in [0, 0.1) is 28.6 Å². The highest BCUT2D eigenvalue weighted by Crippen LogP contribution is 2.61. The summed E-state index contributed by atoms with van der Waals surface area (Å²) in [5.74, 6) is 1.00. The Labute approximate surface area is 130 Å². The minimum absolute atomic E-state index is 0.0233. The molecule has 4 saturated carbocycles. The average molecular weight is 296 g/mol. The van der Waals surface area contributed by atoms with Crippen molar-refractivity contribution in [3.05, 3.63) is 29.8 Å². The summed E-state index contributed by atoms with van der Waals surface area (Å²) in [5.41, 5.74) is 0.172. The molecular weight excluding hydrogens is 276 g/mol. The zero-order valence-electron chi connectivity index (χ0n) is 12.5. The van der Waals surface area contributed by atoms with E-state index in [0.717, 1.165) is 25.7 Å². The van der Waals surface area contributed by atoms with Crippen LogP contribution in [-0.4, -0.2) is 16.6 Å². The van der Waals surface area contributed by atoms with E-state index in [2.05, 4.69) is 11.4 Å². The normalized spacial score (nSPS) is 38.5. The van der Waals surface area contributed by atoms with E-state index in [1.165, 1.54) is 6.42 Å². The largest absolute Gasteiger partial charge is 0.390 e. The number of carbonyl (C=O) groups excluding carboxylic acids is 1. The monoisotopic (exact) mass is 296 g/mol. The van der Waals surface area contributed by atoms with E-state index >= 15 is 0 Å². The van der Waals surface area contributed by atoms with Crippen LogP contribution in [-0.2, 0) is 4.79 Å². The van der Waals surface area contributed by atoms with Gasteiger partial charge in [-0.05, 0) is 68.6 Å². The number of amides is 1. The average Bonchev–Trinajstić information content (AvgIpc) is 2.45. The Morgan fingerprint density at radius 2 is 2.00 bits per heavy atom. The van der Waals surface area contributed by atoms with Crippen molar-refractivity contribution in [3.63, 3.8) is 0 Å². The molecule has 0 spiro atoms. The molecule has 1 aromatic carbocycles. The predicted molar refractivity (Wildman–Crippen MR) is 81.9 cm³/mol. The van der Waals surface area contributed by atoms with Gasteiger partial charge in [0.2, 0.25) is 5.91 Å². The standard InChI is InChI=1S/C18H20N2O2/c19-10-12-2-1-3-15(5-12)20-16(21)17-6-13-4-14(7-17)9-18(22,8-13)11-17/h1-3,5,13-14,22H,4,6-9,11H2,(H,20,21). The number of rotatable bonds is 2. The number of benzene rings is 1. The van der Waals surface area contributed by atoms with Crippen molar-refractivity contribution >= 4 is 11.6 Å². The second kappa shape index (κ2) is 4.57. The van der Waals surface area contributed by atoms with E-state index in [1.54, 1.807) is 18.2 Å². The molecule has 22 heavy (non-hydrogen) atoms. The Bertz CT molecular complexity index is 662. The maximum atomic E-state index is 12.9. The molecule has 2 N–H and O–H groups in total. The number of nitrogens with one attached hydrogen (secondary N) is 1. The Morgan fingerprint density at radius 1 is 1.27 bits per heavy atom. The molecule has 1 amide bonds. The molecular formula is C18H20N2O2. The summed E-state index contributed by atoms with van der Waals surface area (Å²) in [5, 5.41) is 22.7. The van der Waals surface area contributed by atoms with E-state index in [1.807, 2.05) is 6.07 Å². The molecule has 4 aliphatic carbocycles. The van der Waals surface area contributed by atoms with Crippen LogP contribution in [0.4, 0.5) is 5.69 Å². The molecule has 4 heteroatoms. The van der Waals surface area contributed by atoms with E-state index in [-0.39, 0.29) is 5.91 Å². The number of aliphatic hydroxyl groups is 1. The van der Waals surface area contributed by atoms with Gasteiger partial charge < -0.3 is 10.4 Å². The second-order valence-corrected chi connectivity index (χ2v) is 7.61. The van der Waals surface area contributed by atoms with Crippen molar-refractivity contribution in [2.45, 2.75) is 44.1 Å². The van der Waals surface area contributed by atoms with Gasteiger partial charge in [-0.3, -0.25) is 4.79 Å². The van der Waals surface area contributed by atoms with E-state index in [9.17, 15) is 9.90 Å². The van der Waals surface area contributed by atoms with Crippen LogP contribution in [0.1, 0.15) is 44.1 Å². The maximum absolute atomic E-state index is 12.9. The van der Waals surface area contributed by atoms with Crippen LogP contribution < -0.4 is 5.32 Å². The first-order valence-electron chi connectivity index (χ1n) is 8.04. The van der Waals surface area contributed by atoms with Crippen molar-refractivity contribution in [3.8, 4) is 6.07 Å². The van der Waals surface area contributed by atoms with Gasteiger partial charge in [0.1, 0.15) is 0 Å². The van der Waals surface area contributed by atoms with Crippen molar-refractivity contribution in [2.24, 2.45) is 17.3 Å². The van der Waals surface area contributed by atoms with Gasteiger partial charge in [0.05, 0.1) is 22.6 Å². The lowest BCUT2D eigenvalue weighted by molar-refractivity contribution is -0.174. The lowest BCUT2D eigenvalue weighted by Gasteiger charge is -2.59. The van der Waals surface area contributed by atoms with Gasteiger partial charge in [-0.1, -0.05) is 6.07 Å². The second-order valence-electron chi connectivity index (χ2n) is 7.61. The summed E-state index contributed by atoms with van der Waals surface area (Å²) in [6.07, 6.45) is 5.29. The highest BCUT2D eigenvalue weighted by molar-refractivity contribution is 5.96. The van der Waals surface area contributed by atoms with Gasteiger partial charge in [0.15, 0.2) is 0 Å². The van der Waals surface area contributed by atoms with Crippen molar-refractivity contribution in [2.75, 3.05) is 5.32 Å². The Hall–Kier alpha value is -1.86. The predicted octanol–water partition coefficient (Wildman–Crippen LogP) is 2.83. The first-order valence-corrected chi connectivity index (χ1v) is 8.04. The highest BCUT2D eigenvalue weighted by atomic mass is 16.3. The van der Waals surface area contributed by atoms with Gasteiger partial charge in [0.25, 0.3) is 0 Å². The third kappa shape index (κ3) is 2.12. The molecule has 0 saturated heterocycles. The summed E-state index contributed by atoms with van der Waals surface area (Å²) in [6, 6.07) is 9.11. The minimum atomic E-state index is -0.629. The van der Waals surface area contributed by atoms with Gasteiger partial charge in [-0.15, -0.1) is 0 Å². The topological polar surface area (TPSA) is 73.1 Å². The van der Waals surface area contributed by atoms with Crippen molar-refractivity contribution in [1.29, 1.82) is 5.26 Å². The zero-order chi connectivity index (χ0) is 15.4. The van der Waals surface area contributed by atoms with E-state index in [4.69, 9.17) is 5.26 Å². The number of hydrogen-bond acceptors (Lipinski definition) is 3. The number of nitriles is 1. The summed E-state index contributed by atoms with van der Waals surface area (Å²) in [6.45, 7) is 0. The molecule has 4 nitrogen and oxygen atoms in total. The van der Waals surface area contributed by atoms with Crippen LogP contribution in [0.5, 0.6) is 0 Å². The molecule has 0 aliphatic heterocycles. The van der Waals surface area contributed by atoms with Crippen LogP contribution in [0.15, 0.2) is 24.3 Å². The van der Waals surface area contributed by atoms with Crippen LogP contribution in [0.2, 0.25) is 0 Å². The molecule has 4 aliphatic rings. The molecule has 0 aromatic heterocycles. The first-order chi connectivity index (χ1) is 10.5. The molecule has 2 unspecified atom stereocenters. The third-order valence-corrected chi connectivity index (χ3v) is 5.76. The fourth-order valence-electron chi connectivity index (χ4n) is 5.41. The lowest BCUT2D eigenvalue weighted by atomic mass is 9.47. The van der Waals surface area contributed by atoms with Gasteiger partial charge in [-0.2, -0.15) is 5.26 Å². The number of hydrogen-bond donors (Lipinski definition) is 2. The smallest absolute Gasteiger partial charge is 0.230 e. The molecule has 0 radical (unpaired) electrons. The Balaban J connectivity index is 1.59. The zero-order valence-corrected chi connectivity index (χ0v) is 12.5. The van der Waals surface area contributed by atoms with Crippen LogP contribution >= 0.6 is 0 Å². The summed E-state index contributed by atoms with van der Waals surface area (Å²) >= 11 is 0. The molecule has 1 aromatic rings. The van der Waals surface area contributed by atoms with Crippen LogP contribution in [0.3, 0.4) is 0 Å². The van der Waals surface area contributed by atoms with Crippen molar-refractivity contribution < 1.29 is 9.90 Å². The third-order valence-electron chi connectivity index (χ3n) is 5.76. The van der Waals surface area contributed by atoms with Crippen molar-refractivity contribution in [1.82, 2.24) is 0 Å². The molecule has 0 heterocycles. The summed E-state index contributed by atoms with van der Waals surface area (Å²) < 4.78 is 0. The summed E-state index contributed by atoms with van der Waals surface area (Å²) in [7, 11) is 0. The SMILES string of the molecule is N#Cc1cccc(NC(=O)C23CC4CC(CC(O)(C4)C2)C3)c1. The fourth-order valence-corrected chi connectivity index (χ4v) is 5.41. The van der Waals surface area contributed by atoms with E-state index in [0.29, 0.717) is 29.5 Å². The molecule has 114 valence electrons. The maximum Gasteiger partial charge on any atom is 0.230 e. The minimum Gasteiger partial charge on any atom is -0.390 e. The summed E-state index contributed by atoms with van der Waals surface area (Å²) in [4.78, 5) is 12.9. The molecule has 4 fully saturated rings. The Morgan fingerprint density at radius 3 is 2.64 bits per heavy atom. The number of nitrogens with zero attached hydrogens (tertiary/aromatic N) is 1. The van der Waals surface area contributed by atoms with Gasteiger partial charge >= 0.3 is 0 Å². The fraction of sp³-hybridized carbons (Fsp3) is 0.556. The van der Waals surface area contributed by atoms with Crippen LogP contribution in [0.25, 0.3) is 0 Å². The molecule has 5 rings (SSSR count). The number of anilines is 1. The Kier molecular flexibility index (Phi) is 2.86. The lowest BCUT2D eigenvalue weighted by Crippen LogP contribution is -2.59. The molecule has 4 bridgehead atoms. The van der Waals surface area contributed by atoms with Gasteiger partial charge in [-0.25, -0.2) is 0 Å². The number of carbonyl (C=O) groups is 1. The molecule has 2 atom stereocenters. The quantitative estimate of drug-likeness (QED) is 0.881.